The topological polar surface area (TPSA) is 106 Å². The Labute approximate surface area is 126 Å². The number of benzene rings is 1. The van der Waals surface area contributed by atoms with Crippen LogP contribution in [0.2, 0.25) is 0 Å². The molecule has 8 heteroatoms. The number of nitrogens with zero attached hydrogens (tertiary/aromatic N) is 4. The Balaban J connectivity index is 1.91. The highest BCUT2D eigenvalue weighted by Crippen LogP contribution is 2.24. The lowest BCUT2D eigenvalue weighted by atomic mass is 10.1. The average molecular weight is 301 g/mol. The smallest absolute Gasteiger partial charge is 0.316 e. The van der Waals surface area contributed by atoms with Crippen LogP contribution in [0, 0.1) is 0 Å². The quantitative estimate of drug-likeness (QED) is 0.800. The number of carbonyl (C=O) groups excluding carboxylic acids is 2. The van der Waals surface area contributed by atoms with Crippen molar-refractivity contribution in [1.29, 1.82) is 0 Å². The second-order valence-corrected chi connectivity index (χ2v) is 4.95. The van der Waals surface area contributed by atoms with E-state index < -0.39 is 11.8 Å². The molecule has 1 fully saturated rings. The zero-order chi connectivity index (χ0) is 15.7. The maximum absolute atomic E-state index is 12.1. The summed E-state index contributed by atoms with van der Waals surface area (Å²) in [4.78, 5) is 30.9. The van der Waals surface area contributed by atoms with E-state index in [2.05, 4.69) is 10.1 Å². The first-order valence-electron chi connectivity index (χ1n) is 6.80. The van der Waals surface area contributed by atoms with Gasteiger partial charge in [0.15, 0.2) is 0 Å². The van der Waals surface area contributed by atoms with Gasteiger partial charge in [-0.1, -0.05) is 17.3 Å². The van der Waals surface area contributed by atoms with Crippen molar-refractivity contribution in [1.82, 2.24) is 15.0 Å². The average Bonchev–Trinajstić information content (AvgIpc) is 3.02. The first kappa shape index (κ1) is 14.2. The predicted octanol–water partition coefficient (Wildman–Crippen LogP) is 0.000300. The van der Waals surface area contributed by atoms with E-state index >= 15 is 0 Å². The summed E-state index contributed by atoms with van der Waals surface area (Å²) in [5.41, 5.74) is 6.77. The highest BCUT2D eigenvalue weighted by molar-refractivity contribution is 6.40. The van der Waals surface area contributed by atoms with E-state index in [1.165, 1.54) is 9.80 Å². The zero-order valence-corrected chi connectivity index (χ0v) is 12.0. The van der Waals surface area contributed by atoms with Gasteiger partial charge in [0.2, 0.25) is 11.7 Å². The summed E-state index contributed by atoms with van der Waals surface area (Å²) in [6.45, 7) is 1.11. The summed E-state index contributed by atoms with van der Waals surface area (Å²) in [7, 11) is 1.61. The number of nitrogens with two attached hydrogens (primary N) is 1. The summed E-state index contributed by atoms with van der Waals surface area (Å²) in [5.74, 6) is -0.315. The van der Waals surface area contributed by atoms with E-state index in [4.69, 9.17) is 10.3 Å². The van der Waals surface area contributed by atoms with Gasteiger partial charge < -0.3 is 20.1 Å². The molecule has 2 aromatic rings. The van der Waals surface area contributed by atoms with Gasteiger partial charge in [-0.15, -0.1) is 0 Å². The third-order valence-corrected chi connectivity index (χ3v) is 3.49. The molecule has 1 aromatic carbocycles. The fourth-order valence-corrected chi connectivity index (χ4v) is 2.25. The minimum atomic E-state index is -0.540. The van der Waals surface area contributed by atoms with Crippen molar-refractivity contribution < 1.29 is 14.1 Å². The van der Waals surface area contributed by atoms with Crippen LogP contribution in [0.3, 0.4) is 0 Å². The van der Waals surface area contributed by atoms with E-state index in [1.54, 1.807) is 31.3 Å². The normalized spacial score (nSPS) is 15.5. The molecular formula is C14H15N5O3. The fourth-order valence-electron chi connectivity index (χ4n) is 2.25. The molecule has 3 rings (SSSR count). The van der Waals surface area contributed by atoms with Crippen LogP contribution < -0.4 is 10.6 Å². The van der Waals surface area contributed by atoms with Gasteiger partial charge in [-0.2, -0.15) is 4.98 Å². The largest absolute Gasteiger partial charge is 0.338 e. The summed E-state index contributed by atoms with van der Waals surface area (Å²) in [5, 5.41) is 3.84. The predicted molar refractivity (Wildman–Crippen MR) is 77.6 cm³/mol. The highest BCUT2D eigenvalue weighted by Gasteiger charge is 2.31. The second-order valence-electron chi connectivity index (χ2n) is 4.95. The third kappa shape index (κ3) is 2.44. The molecule has 22 heavy (non-hydrogen) atoms. The van der Waals surface area contributed by atoms with E-state index in [-0.39, 0.29) is 6.54 Å². The summed E-state index contributed by atoms with van der Waals surface area (Å²) < 4.78 is 4.98. The van der Waals surface area contributed by atoms with Gasteiger partial charge in [0.25, 0.3) is 0 Å². The van der Waals surface area contributed by atoms with Crippen molar-refractivity contribution in [3.05, 3.63) is 30.2 Å². The van der Waals surface area contributed by atoms with Gasteiger partial charge >= 0.3 is 11.8 Å². The Bertz CT molecular complexity index is 727. The molecule has 0 spiro atoms. The van der Waals surface area contributed by atoms with E-state index in [9.17, 15) is 9.59 Å². The number of carbonyl (C=O) groups is 2. The van der Waals surface area contributed by atoms with Crippen LogP contribution >= 0.6 is 0 Å². The van der Waals surface area contributed by atoms with E-state index in [0.29, 0.717) is 36.1 Å². The lowest BCUT2D eigenvalue weighted by molar-refractivity contribution is -0.145. The van der Waals surface area contributed by atoms with Gasteiger partial charge in [0.05, 0.1) is 6.54 Å². The summed E-state index contributed by atoms with van der Waals surface area (Å²) in [6.07, 6.45) is 0. The number of amides is 2. The molecule has 0 atom stereocenters. The molecule has 0 radical (unpaired) electrons. The molecule has 1 aromatic heterocycles. The van der Waals surface area contributed by atoms with Crippen molar-refractivity contribution in [3.63, 3.8) is 0 Å². The monoisotopic (exact) mass is 301 g/mol. The maximum atomic E-state index is 12.1. The van der Waals surface area contributed by atoms with Crippen molar-refractivity contribution >= 4 is 17.5 Å². The number of hydrogen-bond acceptors (Lipinski definition) is 6. The number of likely N-dealkylation sites (N-methyl/N-ethyl adjacent to an activating group) is 1. The fraction of sp³-hybridized carbons (Fsp3) is 0.286. The molecule has 0 unspecified atom stereocenters. The molecule has 8 nitrogen and oxygen atoms in total. The van der Waals surface area contributed by atoms with Crippen molar-refractivity contribution in [2.75, 3.05) is 25.0 Å². The second kappa shape index (κ2) is 5.57. The molecule has 2 heterocycles. The maximum Gasteiger partial charge on any atom is 0.316 e. The van der Waals surface area contributed by atoms with Crippen LogP contribution in [-0.4, -0.2) is 47.0 Å². The van der Waals surface area contributed by atoms with Crippen molar-refractivity contribution in [2.24, 2.45) is 5.73 Å². The first-order valence-corrected chi connectivity index (χ1v) is 6.80. The SMILES string of the molecule is CN1CCN(c2cccc(-c3noc(CN)n3)c2)C(=O)C1=O. The van der Waals surface area contributed by atoms with Crippen LogP contribution in [0.25, 0.3) is 11.4 Å². The molecule has 1 aliphatic heterocycles. The van der Waals surface area contributed by atoms with Crippen LogP contribution in [0.5, 0.6) is 0 Å². The Hall–Kier alpha value is -2.74. The number of aromatic nitrogens is 2. The number of hydrogen-bond donors (Lipinski definition) is 1. The third-order valence-electron chi connectivity index (χ3n) is 3.49. The van der Waals surface area contributed by atoms with Gasteiger partial charge in [0.1, 0.15) is 0 Å². The van der Waals surface area contributed by atoms with E-state index in [0.717, 1.165) is 0 Å². The lowest BCUT2D eigenvalue weighted by Gasteiger charge is -2.31. The van der Waals surface area contributed by atoms with Gasteiger partial charge in [-0.3, -0.25) is 9.59 Å². The number of anilines is 1. The molecule has 1 saturated heterocycles. The Kier molecular flexibility index (Phi) is 3.60. The Morgan fingerprint density at radius 3 is 2.82 bits per heavy atom. The molecule has 0 bridgehead atoms. The standard InChI is InChI=1S/C14H15N5O3/c1-18-5-6-19(14(21)13(18)20)10-4-2-3-9(7-10)12-16-11(8-15)22-17-12/h2-4,7H,5-6,8,15H2,1H3. The first-order chi connectivity index (χ1) is 10.6. The van der Waals surface area contributed by atoms with Crippen LogP contribution in [0.1, 0.15) is 5.89 Å². The molecule has 2 amide bonds. The van der Waals surface area contributed by atoms with Crippen LogP contribution in [-0.2, 0) is 16.1 Å². The molecule has 1 aliphatic rings. The summed E-state index contributed by atoms with van der Waals surface area (Å²) >= 11 is 0. The Morgan fingerprint density at radius 2 is 2.09 bits per heavy atom. The van der Waals surface area contributed by atoms with Gasteiger partial charge in [-0.25, -0.2) is 0 Å². The highest BCUT2D eigenvalue weighted by atomic mass is 16.5. The molecule has 114 valence electrons. The van der Waals surface area contributed by atoms with Crippen molar-refractivity contribution in [2.45, 2.75) is 6.54 Å². The zero-order valence-electron chi connectivity index (χ0n) is 12.0. The number of rotatable bonds is 3. The van der Waals surface area contributed by atoms with Crippen LogP contribution in [0.15, 0.2) is 28.8 Å². The van der Waals surface area contributed by atoms with Crippen LogP contribution in [0.4, 0.5) is 5.69 Å². The molecule has 2 N–H and O–H groups in total. The summed E-state index contributed by atoms with van der Waals surface area (Å²) in [6, 6.07) is 7.10. The lowest BCUT2D eigenvalue weighted by Crippen LogP contribution is -2.53. The van der Waals surface area contributed by atoms with E-state index in [1.807, 2.05) is 0 Å². The molecule has 0 aliphatic carbocycles. The minimum Gasteiger partial charge on any atom is -0.338 e. The van der Waals surface area contributed by atoms with Crippen molar-refractivity contribution in [3.8, 4) is 11.4 Å². The van der Waals surface area contributed by atoms with Gasteiger partial charge in [-0.05, 0) is 12.1 Å². The number of piperazine rings is 1. The van der Waals surface area contributed by atoms with Gasteiger partial charge in [0, 0.05) is 31.4 Å². The molecular weight excluding hydrogens is 286 g/mol. The minimum absolute atomic E-state index is 0.165. The Morgan fingerprint density at radius 1 is 1.27 bits per heavy atom. The molecule has 0 saturated carbocycles.